The summed E-state index contributed by atoms with van der Waals surface area (Å²) in [5.74, 6) is -0.147. The van der Waals surface area contributed by atoms with Gasteiger partial charge in [0.15, 0.2) is 5.17 Å². The lowest BCUT2D eigenvalue weighted by Gasteiger charge is -2.01. The van der Waals surface area contributed by atoms with E-state index in [1.54, 1.807) is 6.07 Å². The summed E-state index contributed by atoms with van der Waals surface area (Å²) >= 11 is 7.37. The molecule has 4 nitrogen and oxygen atoms in total. The number of halogens is 1. The van der Waals surface area contributed by atoms with Crippen molar-refractivity contribution in [2.75, 3.05) is 0 Å². The zero-order valence-corrected chi connectivity index (χ0v) is 16.1. The van der Waals surface area contributed by atoms with Crippen LogP contribution in [0, 0.1) is 6.92 Å². The molecule has 1 amide bonds. The van der Waals surface area contributed by atoms with Crippen LogP contribution >= 0.6 is 23.4 Å². The number of hydrogen-bond acceptors (Lipinski definition) is 3. The van der Waals surface area contributed by atoms with Crippen molar-refractivity contribution in [3.05, 3.63) is 88.0 Å². The van der Waals surface area contributed by atoms with Crippen molar-refractivity contribution >= 4 is 46.2 Å². The van der Waals surface area contributed by atoms with Gasteiger partial charge in [0.05, 0.1) is 10.6 Å². The minimum Gasteiger partial charge on any atom is -0.323 e. The van der Waals surface area contributed by atoms with Crippen molar-refractivity contribution in [3.8, 4) is 5.69 Å². The van der Waals surface area contributed by atoms with Crippen LogP contribution in [-0.4, -0.2) is 15.6 Å². The van der Waals surface area contributed by atoms with Gasteiger partial charge in [0.1, 0.15) is 0 Å². The van der Waals surface area contributed by atoms with Crippen LogP contribution in [0.15, 0.2) is 76.9 Å². The largest absolute Gasteiger partial charge is 0.323 e. The Morgan fingerprint density at radius 1 is 1.15 bits per heavy atom. The molecule has 1 saturated heterocycles. The molecular weight excluding hydrogens is 378 g/mol. The van der Waals surface area contributed by atoms with E-state index in [2.05, 4.69) is 10.3 Å². The topological polar surface area (TPSA) is 46.4 Å². The van der Waals surface area contributed by atoms with Crippen molar-refractivity contribution in [1.29, 1.82) is 0 Å². The Bertz CT molecular complexity index is 1070. The first-order chi connectivity index (χ1) is 13.1. The summed E-state index contributed by atoms with van der Waals surface area (Å²) in [6.07, 6.45) is 5.84. The summed E-state index contributed by atoms with van der Waals surface area (Å²) < 4.78 is 2.02. The van der Waals surface area contributed by atoms with E-state index in [-0.39, 0.29) is 5.91 Å². The van der Waals surface area contributed by atoms with E-state index in [1.807, 2.05) is 78.5 Å². The number of carbonyl (C=O) groups is 1. The van der Waals surface area contributed by atoms with Gasteiger partial charge in [0.2, 0.25) is 0 Å². The highest BCUT2D eigenvalue weighted by molar-refractivity contribution is 8.18. The molecule has 0 bridgehead atoms. The number of amides is 1. The molecule has 0 unspecified atom stereocenters. The molecule has 2 aromatic carbocycles. The van der Waals surface area contributed by atoms with Crippen LogP contribution in [0.3, 0.4) is 0 Å². The average molecular weight is 394 g/mol. The van der Waals surface area contributed by atoms with Gasteiger partial charge < -0.3 is 9.88 Å². The van der Waals surface area contributed by atoms with Crippen LogP contribution in [0.1, 0.15) is 11.1 Å². The van der Waals surface area contributed by atoms with Crippen LogP contribution in [0.5, 0.6) is 0 Å². The molecule has 1 aliphatic heterocycles. The number of nitrogens with one attached hydrogen (secondary N) is 1. The monoisotopic (exact) mass is 393 g/mol. The predicted molar refractivity (Wildman–Crippen MR) is 113 cm³/mol. The third kappa shape index (κ3) is 3.99. The number of aryl methyl sites for hydroxylation is 1. The van der Waals surface area contributed by atoms with Crippen molar-refractivity contribution in [1.82, 2.24) is 9.88 Å². The van der Waals surface area contributed by atoms with Crippen molar-refractivity contribution in [2.45, 2.75) is 6.92 Å². The SMILES string of the molecule is Cc1ccc(Cl)cc1N=C1NC(=O)/C(=C\c2ccn(-c3ccccc3)c2)S1. The number of rotatable bonds is 3. The summed E-state index contributed by atoms with van der Waals surface area (Å²) in [4.78, 5) is 17.4. The molecule has 27 heavy (non-hydrogen) atoms. The number of carbonyl (C=O) groups excluding carboxylic acids is 1. The van der Waals surface area contributed by atoms with Gasteiger partial charge in [-0.15, -0.1) is 0 Å². The molecule has 0 radical (unpaired) electrons. The zero-order valence-electron chi connectivity index (χ0n) is 14.5. The van der Waals surface area contributed by atoms with E-state index in [1.165, 1.54) is 11.8 Å². The second-order valence-corrected chi connectivity index (χ2v) is 7.57. The first-order valence-corrected chi connectivity index (χ1v) is 9.57. The van der Waals surface area contributed by atoms with Crippen LogP contribution in [-0.2, 0) is 4.79 Å². The Balaban J connectivity index is 1.57. The lowest BCUT2D eigenvalue weighted by atomic mass is 10.2. The van der Waals surface area contributed by atoms with Gasteiger partial charge in [-0.3, -0.25) is 4.79 Å². The third-order valence-corrected chi connectivity index (χ3v) is 5.26. The number of para-hydroxylation sites is 1. The summed E-state index contributed by atoms with van der Waals surface area (Å²) in [5, 5.41) is 3.99. The number of benzene rings is 2. The van der Waals surface area contributed by atoms with E-state index >= 15 is 0 Å². The molecule has 3 aromatic rings. The molecule has 1 aromatic heterocycles. The fourth-order valence-electron chi connectivity index (χ4n) is 2.70. The highest BCUT2D eigenvalue weighted by atomic mass is 35.5. The molecular formula is C21H16ClN3OS. The van der Waals surface area contributed by atoms with Gasteiger partial charge in [-0.2, -0.15) is 0 Å². The van der Waals surface area contributed by atoms with Crippen LogP contribution in [0.25, 0.3) is 11.8 Å². The fraction of sp³-hybridized carbons (Fsp3) is 0.0476. The molecule has 134 valence electrons. The molecule has 0 saturated carbocycles. The highest BCUT2D eigenvalue weighted by Crippen LogP contribution is 2.30. The third-order valence-electron chi connectivity index (χ3n) is 4.11. The normalized spacial score (nSPS) is 16.9. The molecule has 6 heteroatoms. The molecule has 0 atom stereocenters. The summed E-state index contributed by atoms with van der Waals surface area (Å²) in [6.45, 7) is 1.96. The maximum absolute atomic E-state index is 12.3. The lowest BCUT2D eigenvalue weighted by Crippen LogP contribution is -2.19. The Kier molecular flexibility index (Phi) is 4.88. The molecule has 1 fully saturated rings. The van der Waals surface area contributed by atoms with Gasteiger partial charge >= 0.3 is 0 Å². The number of aromatic nitrogens is 1. The lowest BCUT2D eigenvalue weighted by molar-refractivity contribution is -0.115. The maximum Gasteiger partial charge on any atom is 0.264 e. The number of aliphatic imine (C=N–C) groups is 1. The number of hydrogen-bond donors (Lipinski definition) is 1. The standard InChI is InChI=1S/C21H16ClN3OS/c1-14-7-8-16(22)12-18(14)23-21-24-20(26)19(27-21)11-15-9-10-25(13-15)17-5-3-2-4-6-17/h2-13H,1H3,(H,23,24,26)/b19-11+. The number of thioether (sulfide) groups is 1. The molecule has 0 aliphatic carbocycles. The van der Waals surface area contributed by atoms with Crippen molar-refractivity contribution < 1.29 is 4.79 Å². The van der Waals surface area contributed by atoms with Gasteiger partial charge in [0.25, 0.3) is 5.91 Å². The molecule has 1 N–H and O–H groups in total. The summed E-state index contributed by atoms with van der Waals surface area (Å²) in [6, 6.07) is 17.5. The zero-order chi connectivity index (χ0) is 18.8. The van der Waals surface area contributed by atoms with E-state index in [0.717, 1.165) is 22.5 Å². The molecule has 0 spiro atoms. The molecule has 2 heterocycles. The quantitative estimate of drug-likeness (QED) is 0.611. The Morgan fingerprint density at radius 3 is 2.78 bits per heavy atom. The van der Waals surface area contributed by atoms with Gasteiger partial charge in [0, 0.05) is 23.1 Å². The van der Waals surface area contributed by atoms with Crippen molar-refractivity contribution in [2.24, 2.45) is 4.99 Å². The predicted octanol–water partition coefficient (Wildman–Crippen LogP) is 5.33. The first-order valence-electron chi connectivity index (χ1n) is 8.38. The van der Waals surface area contributed by atoms with Gasteiger partial charge in [-0.25, -0.2) is 4.99 Å². The maximum atomic E-state index is 12.3. The molecule has 4 rings (SSSR count). The van der Waals surface area contributed by atoms with Crippen molar-refractivity contribution in [3.63, 3.8) is 0 Å². The van der Waals surface area contributed by atoms with Crippen LogP contribution in [0.4, 0.5) is 5.69 Å². The fourth-order valence-corrected chi connectivity index (χ4v) is 3.70. The second-order valence-electron chi connectivity index (χ2n) is 6.10. The molecule has 1 aliphatic rings. The second kappa shape index (κ2) is 7.47. The number of amidine groups is 1. The van der Waals surface area contributed by atoms with Crippen LogP contribution < -0.4 is 5.32 Å². The minimum atomic E-state index is -0.147. The van der Waals surface area contributed by atoms with E-state index in [9.17, 15) is 4.79 Å². The van der Waals surface area contributed by atoms with Gasteiger partial charge in [-0.05, 0) is 66.2 Å². The summed E-state index contributed by atoms with van der Waals surface area (Å²) in [5.41, 5.74) is 3.78. The Hall–Kier alpha value is -2.76. The van der Waals surface area contributed by atoms with Crippen LogP contribution in [0.2, 0.25) is 5.02 Å². The minimum absolute atomic E-state index is 0.147. The van der Waals surface area contributed by atoms with Gasteiger partial charge in [-0.1, -0.05) is 35.9 Å². The smallest absolute Gasteiger partial charge is 0.264 e. The van der Waals surface area contributed by atoms with E-state index in [4.69, 9.17) is 11.6 Å². The highest BCUT2D eigenvalue weighted by Gasteiger charge is 2.24. The van der Waals surface area contributed by atoms with E-state index in [0.29, 0.717) is 15.1 Å². The van der Waals surface area contributed by atoms with E-state index < -0.39 is 0 Å². The Morgan fingerprint density at radius 2 is 1.96 bits per heavy atom. The number of nitrogens with zero attached hydrogens (tertiary/aromatic N) is 2. The Labute approximate surface area is 166 Å². The summed E-state index contributed by atoms with van der Waals surface area (Å²) in [7, 11) is 0. The first kappa shape index (κ1) is 17.6. The average Bonchev–Trinajstić information content (AvgIpc) is 3.26.